The minimum atomic E-state index is 0.383. The number of hydrogen-bond donors (Lipinski definition) is 2. The number of rotatable bonds is 7. The average molecular weight is 290 g/mol. The molecule has 0 aliphatic rings. The normalized spacial score (nSPS) is 10.8. The van der Waals surface area contributed by atoms with Crippen molar-refractivity contribution >= 4 is 23.0 Å². The molecule has 0 amide bonds. The number of hydrogen-bond acceptors (Lipinski definition) is 5. The lowest BCUT2D eigenvalue weighted by molar-refractivity contribution is 0.842. The van der Waals surface area contributed by atoms with Gasteiger partial charge in [0, 0.05) is 18.7 Å². The molecule has 0 spiro atoms. The van der Waals surface area contributed by atoms with E-state index in [2.05, 4.69) is 58.2 Å². The topological polar surface area (TPSA) is 49.8 Å². The Balaban J connectivity index is 2.07. The minimum absolute atomic E-state index is 0.383. The minimum Gasteiger partial charge on any atom is -0.370 e. The molecule has 0 aromatic carbocycles. The Hall–Kier alpha value is -1.62. The molecular weight excluding hydrogens is 268 g/mol. The number of nitrogens with one attached hydrogen (secondary N) is 2. The van der Waals surface area contributed by atoms with Crippen LogP contribution in [0.5, 0.6) is 0 Å². The monoisotopic (exact) mass is 290 g/mol. The maximum absolute atomic E-state index is 4.40. The Morgan fingerprint density at radius 2 is 1.95 bits per heavy atom. The van der Waals surface area contributed by atoms with Gasteiger partial charge in [0.25, 0.3) is 0 Å². The van der Waals surface area contributed by atoms with E-state index in [1.54, 1.807) is 17.7 Å². The molecule has 2 heterocycles. The average Bonchev–Trinajstić information content (AvgIpc) is 2.92. The Labute approximate surface area is 124 Å². The molecule has 2 aromatic rings. The zero-order valence-electron chi connectivity index (χ0n) is 12.3. The van der Waals surface area contributed by atoms with Crippen LogP contribution in [-0.2, 0) is 6.42 Å². The number of anilines is 2. The molecule has 0 saturated carbocycles. The van der Waals surface area contributed by atoms with Crippen LogP contribution in [0.2, 0.25) is 0 Å². The number of nitrogens with zero attached hydrogens (tertiary/aromatic N) is 2. The molecule has 5 heteroatoms. The largest absolute Gasteiger partial charge is 0.370 e. The molecule has 0 fully saturated rings. The first kappa shape index (κ1) is 14.8. The third-order valence-electron chi connectivity index (χ3n) is 3.09. The highest BCUT2D eigenvalue weighted by Crippen LogP contribution is 2.28. The summed E-state index contributed by atoms with van der Waals surface area (Å²) in [5.74, 6) is 2.27. The predicted molar refractivity (Wildman–Crippen MR) is 86.8 cm³/mol. The molecule has 0 aliphatic carbocycles. The fraction of sp³-hybridized carbons (Fsp3) is 0.467. The SMILES string of the molecule is CCNc1ncnc(NCCc2ccsc2)c1C(C)C. The smallest absolute Gasteiger partial charge is 0.134 e. The zero-order chi connectivity index (χ0) is 14.4. The highest BCUT2D eigenvalue weighted by molar-refractivity contribution is 7.07. The molecule has 2 N–H and O–H groups in total. The van der Waals surface area contributed by atoms with Crippen molar-refractivity contribution in [1.29, 1.82) is 0 Å². The van der Waals surface area contributed by atoms with E-state index in [-0.39, 0.29) is 0 Å². The van der Waals surface area contributed by atoms with Crippen molar-refractivity contribution in [2.75, 3.05) is 23.7 Å². The summed E-state index contributed by atoms with van der Waals surface area (Å²) in [6, 6.07) is 2.17. The Morgan fingerprint density at radius 3 is 2.55 bits per heavy atom. The lowest BCUT2D eigenvalue weighted by Crippen LogP contribution is -2.12. The highest BCUT2D eigenvalue weighted by atomic mass is 32.1. The maximum atomic E-state index is 4.40. The molecule has 0 bridgehead atoms. The van der Waals surface area contributed by atoms with E-state index in [0.717, 1.165) is 31.1 Å². The van der Waals surface area contributed by atoms with Gasteiger partial charge in [-0.1, -0.05) is 13.8 Å². The van der Waals surface area contributed by atoms with E-state index in [4.69, 9.17) is 0 Å². The fourth-order valence-corrected chi connectivity index (χ4v) is 2.85. The number of aromatic nitrogens is 2. The molecular formula is C15H22N4S. The summed E-state index contributed by atoms with van der Waals surface area (Å²) in [4.78, 5) is 8.75. The van der Waals surface area contributed by atoms with Crippen molar-refractivity contribution in [3.8, 4) is 0 Å². The summed E-state index contributed by atoms with van der Waals surface area (Å²) in [5.41, 5.74) is 2.54. The van der Waals surface area contributed by atoms with Gasteiger partial charge in [0.05, 0.1) is 0 Å². The van der Waals surface area contributed by atoms with Gasteiger partial charge in [-0.3, -0.25) is 0 Å². The first-order chi connectivity index (χ1) is 9.72. The second-order valence-corrected chi connectivity index (χ2v) is 5.76. The molecule has 108 valence electrons. The second kappa shape index (κ2) is 7.24. The Morgan fingerprint density at radius 1 is 1.20 bits per heavy atom. The third-order valence-corrected chi connectivity index (χ3v) is 3.82. The summed E-state index contributed by atoms with van der Waals surface area (Å²) < 4.78 is 0. The van der Waals surface area contributed by atoms with Gasteiger partial charge in [-0.15, -0.1) is 0 Å². The highest BCUT2D eigenvalue weighted by Gasteiger charge is 2.14. The van der Waals surface area contributed by atoms with Crippen molar-refractivity contribution in [1.82, 2.24) is 9.97 Å². The summed E-state index contributed by atoms with van der Waals surface area (Å²) in [6.07, 6.45) is 2.64. The van der Waals surface area contributed by atoms with Gasteiger partial charge in [0.2, 0.25) is 0 Å². The molecule has 0 unspecified atom stereocenters. The molecule has 4 nitrogen and oxygen atoms in total. The van der Waals surface area contributed by atoms with Gasteiger partial charge in [0.1, 0.15) is 18.0 Å². The van der Waals surface area contributed by atoms with Crippen molar-refractivity contribution in [2.45, 2.75) is 33.1 Å². The van der Waals surface area contributed by atoms with Gasteiger partial charge < -0.3 is 10.6 Å². The van der Waals surface area contributed by atoms with E-state index in [1.165, 1.54) is 11.1 Å². The quantitative estimate of drug-likeness (QED) is 0.815. The first-order valence-electron chi connectivity index (χ1n) is 7.06. The molecule has 0 saturated heterocycles. The van der Waals surface area contributed by atoms with Crippen molar-refractivity contribution < 1.29 is 0 Å². The van der Waals surface area contributed by atoms with Crippen molar-refractivity contribution in [2.24, 2.45) is 0 Å². The molecule has 2 aromatic heterocycles. The molecule has 0 atom stereocenters. The second-order valence-electron chi connectivity index (χ2n) is 4.98. The van der Waals surface area contributed by atoms with Gasteiger partial charge in [-0.05, 0) is 41.7 Å². The maximum Gasteiger partial charge on any atom is 0.134 e. The van der Waals surface area contributed by atoms with Gasteiger partial charge in [-0.25, -0.2) is 9.97 Å². The van der Waals surface area contributed by atoms with Crippen molar-refractivity contribution in [3.05, 3.63) is 34.3 Å². The number of thiophene rings is 1. The fourth-order valence-electron chi connectivity index (χ4n) is 2.15. The first-order valence-corrected chi connectivity index (χ1v) is 8.00. The standard InChI is InChI=1S/C15H22N4S/c1-4-16-14-13(11(2)3)15(19-10-18-14)17-7-5-12-6-8-20-9-12/h6,8-11H,4-5,7H2,1-3H3,(H2,16,17,18,19). The van der Waals surface area contributed by atoms with Crippen LogP contribution in [0, 0.1) is 0 Å². The summed E-state index contributed by atoms with van der Waals surface area (Å²) in [6.45, 7) is 8.17. The Bertz CT molecular complexity index is 523. The van der Waals surface area contributed by atoms with E-state index < -0.39 is 0 Å². The third kappa shape index (κ3) is 3.70. The van der Waals surface area contributed by atoms with Gasteiger partial charge >= 0.3 is 0 Å². The van der Waals surface area contributed by atoms with Crippen LogP contribution < -0.4 is 10.6 Å². The van der Waals surface area contributed by atoms with Crippen LogP contribution in [0.3, 0.4) is 0 Å². The van der Waals surface area contributed by atoms with Gasteiger partial charge in [0.15, 0.2) is 0 Å². The van der Waals surface area contributed by atoms with Crippen LogP contribution in [0.4, 0.5) is 11.6 Å². The Kier molecular flexibility index (Phi) is 5.35. The zero-order valence-corrected chi connectivity index (χ0v) is 13.1. The predicted octanol–water partition coefficient (Wildman–Crippen LogP) is 3.75. The summed E-state index contributed by atoms with van der Waals surface area (Å²) in [7, 11) is 0. The molecule has 0 aliphatic heterocycles. The van der Waals surface area contributed by atoms with Crippen molar-refractivity contribution in [3.63, 3.8) is 0 Å². The van der Waals surface area contributed by atoms with Crippen LogP contribution in [0.1, 0.15) is 37.8 Å². The van der Waals surface area contributed by atoms with Crippen LogP contribution in [-0.4, -0.2) is 23.1 Å². The van der Waals surface area contributed by atoms with E-state index in [0.29, 0.717) is 5.92 Å². The van der Waals surface area contributed by atoms with Gasteiger partial charge in [-0.2, -0.15) is 11.3 Å². The van der Waals surface area contributed by atoms with Crippen LogP contribution in [0.25, 0.3) is 0 Å². The van der Waals surface area contributed by atoms with E-state index in [1.807, 2.05) is 0 Å². The van der Waals surface area contributed by atoms with E-state index in [9.17, 15) is 0 Å². The van der Waals surface area contributed by atoms with Crippen LogP contribution >= 0.6 is 11.3 Å². The molecule has 2 rings (SSSR count). The summed E-state index contributed by atoms with van der Waals surface area (Å²) in [5, 5.41) is 11.1. The summed E-state index contributed by atoms with van der Waals surface area (Å²) >= 11 is 1.74. The van der Waals surface area contributed by atoms with E-state index >= 15 is 0 Å². The lowest BCUT2D eigenvalue weighted by Gasteiger charge is -2.17. The molecule has 0 radical (unpaired) electrons. The lowest BCUT2D eigenvalue weighted by atomic mass is 10.0. The van der Waals surface area contributed by atoms with Crippen LogP contribution in [0.15, 0.2) is 23.2 Å². The molecule has 20 heavy (non-hydrogen) atoms.